The highest BCUT2D eigenvalue weighted by atomic mass is 14.8. The summed E-state index contributed by atoms with van der Waals surface area (Å²) in [5.41, 5.74) is 3.65. The molecule has 0 nitrogen and oxygen atoms in total. The van der Waals surface area contributed by atoms with E-state index >= 15 is 0 Å². The van der Waals surface area contributed by atoms with Crippen LogP contribution in [0.2, 0.25) is 0 Å². The first kappa shape index (κ1) is 16.2. The lowest BCUT2D eigenvalue weighted by Gasteiger charge is -2.56. The normalized spacial score (nSPS) is 55.8. The van der Waals surface area contributed by atoms with Gasteiger partial charge in [0, 0.05) is 5.92 Å². The van der Waals surface area contributed by atoms with Gasteiger partial charge in [-0.3, -0.25) is 0 Å². The van der Waals surface area contributed by atoms with Crippen LogP contribution in [0, 0.1) is 70.5 Å². The van der Waals surface area contributed by atoms with E-state index in [1.54, 1.807) is 5.57 Å². The number of rotatable bonds is 0. The van der Waals surface area contributed by atoms with Crippen LogP contribution < -0.4 is 0 Å². The van der Waals surface area contributed by atoms with Crippen LogP contribution in [-0.4, -0.2) is 0 Å². The fourth-order valence-electron chi connectivity index (χ4n) is 8.43. The Hall–Kier alpha value is -0.960. The zero-order valence-electron chi connectivity index (χ0n) is 16.5. The molecule has 0 aromatic carbocycles. The van der Waals surface area contributed by atoms with E-state index in [-0.39, 0.29) is 0 Å². The molecule has 0 bridgehead atoms. The Morgan fingerprint density at radius 3 is 2.72 bits per heavy atom. The van der Waals surface area contributed by atoms with Crippen molar-refractivity contribution in [2.24, 2.45) is 58.7 Å². The predicted octanol–water partition coefficient (Wildman–Crippen LogP) is 6.10. The molecule has 4 fully saturated rings. The van der Waals surface area contributed by atoms with Gasteiger partial charge in [0.15, 0.2) is 0 Å². The maximum atomic E-state index is 4.28. The van der Waals surface area contributed by atoms with Crippen molar-refractivity contribution in [2.75, 3.05) is 0 Å². The smallest absolute Gasteiger partial charge is 0.0293 e. The van der Waals surface area contributed by atoms with Gasteiger partial charge in [-0.1, -0.05) is 50.5 Å². The molecule has 25 heavy (non-hydrogen) atoms. The topological polar surface area (TPSA) is 0 Å². The predicted molar refractivity (Wildman–Crippen MR) is 105 cm³/mol. The second kappa shape index (κ2) is 5.28. The molecule has 0 heteroatoms. The molecule has 0 heterocycles. The van der Waals surface area contributed by atoms with E-state index in [0.29, 0.717) is 11.3 Å². The van der Waals surface area contributed by atoms with Gasteiger partial charge < -0.3 is 0 Å². The third-order valence-corrected chi connectivity index (χ3v) is 9.40. The van der Waals surface area contributed by atoms with Gasteiger partial charge in [0.1, 0.15) is 0 Å². The Balaban J connectivity index is 1.52. The molecule has 5 aliphatic rings. The van der Waals surface area contributed by atoms with Crippen molar-refractivity contribution in [1.82, 2.24) is 0 Å². The molecular formula is C25H34. The quantitative estimate of drug-likeness (QED) is 0.469. The Labute approximate surface area is 154 Å². The third-order valence-electron chi connectivity index (χ3n) is 9.40. The van der Waals surface area contributed by atoms with E-state index in [2.05, 4.69) is 52.2 Å². The first-order chi connectivity index (χ1) is 12.0. The number of hydrogen-bond donors (Lipinski definition) is 0. The second-order valence-electron chi connectivity index (χ2n) is 10.4. The summed E-state index contributed by atoms with van der Waals surface area (Å²) in [6, 6.07) is 0. The van der Waals surface area contributed by atoms with Gasteiger partial charge in [-0.15, -0.1) is 5.92 Å². The molecular weight excluding hydrogens is 300 g/mol. The minimum absolute atomic E-state index is 0.505. The zero-order chi connectivity index (χ0) is 17.5. The van der Waals surface area contributed by atoms with Crippen LogP contribution in [0.25, 0.3) is 0 Å². The summed E-state index contributed by atoms with van der Waals surface area (Å²) in [5.74, 6) is 15.0. The monoisotopic (exact) mass is 334 g/mol. The van der Waals surface area contributed by atoms with Gasteiger partial charge in [0.25, 0.3) is 0 Å². The summed E-state index contributed by atoms with van der Waals surface area (Å²) in [4.78, 5) is 0. The van der Waals surface area contributed by atoms with Crippen LogP contribution in [-0.2, 0) is 0 Å². The summed E-state index contributed by atoms with van der Waals surface area (Å²) >= 11 is 0. The number of hydrogen-bond acceptors (Lipinski definition) is 0. The molecule has 0 spiro atoms. The van der Waals surface area contributed by atoms with E-state index in [0.717, 1.165) is 47.3 Å². The molecule has 0 aliphatic heterocycles. The van der Waals surface area contributed by atoms with Crippen molar-refractivity contribution in [1.29, 1.82) is 0 Å². The van der Waals surface area contributed by atoms with Crippen molar-refractivity contribution in [3.05, 3.63) is 23.8 Å². The number of fused-ring (bicyclic) bond motifs is 7. The molecule has 5 rings (SSSR count). The van der Waals surface area contributed by atoms with Gasteiger partial charge in [-0.2, -0.15) is 0 Å². The maximum absolute atomic E-state index is 4.28. The Morgan fingerprint density at radius 1 is 1.16 bits per heavy atom. The van der Waals surface area contributed by atoms with E-state index in [4.69, 9.17) is 0 Å². The number of allylic oxidation sites excluding steroid dienone is 3. The molecule has 5 aliphatic carbocycles. The summed E-state index contributed by atoms with van der Waals surface area (Å²) < 4.78 is 0. The van der Waals surface area contributed by atoms with Crippen LogP contribution in [0.3, 0.4) is 0 Å². The van der Waals surface area contributed by atoms with Crippen molar-refractivity contribution >= 4 is 0 Å². The molecule has 134 valence electrons. The summed E-state index contributed by atoms with van der Waals surface area (Å²) in [6.45, 7) is 14.0. The van der Waals surface area contributed by atoms with Gasteiger partial charge in [-0.25, -0.2) is 0 Å². The molecule has 10 atom stereocenters. The first-order valence-corrected chi connectivity index (χ1v) is 10.8. The summed E-state index contributed by atoms with van der Waals surface area (Å²) in [7, 11) is 0. The Kier molecular flexibility index (Phi) is 3.43. The molecule has 0 aromatic heterocycles. The van der Waals surface area contributed by atoms with Crippen LogP contribution in [0.15, 0.2) is 23.8 Å². The average molecular weight is 335 g/mol. The standard InChI is InChI=1S/C25H34/c1-6-7-21-22-16(4)23(22)24-20-13-15(3)19-12-14(2)8-9-17(19)18(20)10-11-25(21,24)5/h12,15-18,20-24H,2,8-11,13H2,1,3-5H3. The molecule has 0 radical (unpaired) electrons. The van der Waals surface area contributed by atoms with Crippen molar-refractivity contribution in [3.8, 4) is 11.8 Å². The lowest BCUT2D eigenvalue weighted by molar-refractivity contribution is -0.0425. The van der Waals surface area contributed by atoms with Gasteiger partial charge in [-0.05, 0) is 91.8 Å². The lowest BCUT2D eigenvalue weighted by atomic mass is 9.48. The minimum Gasteiger partial charge on any atom is -0.106 e. The molecule has 0 amide bonds. The van der Waals surface area contributed by atoms with Crippen molar-refractivity contribution in [3.63, 3.8) is 0 Å². The highest BCUT2D eigenvalue weighted by molar-refractivity contribution is 5.33. The third kappa shape index (κ3) is 2.02. The van der Waals surface area contributed by atoms with Crippen LogP contribution in [0.1, 0.15) is 59.8 Å². The average Bonchev–Trinajstić information content (AvgIpc) is 3.12. The van der Waals surface area contributed by atoms with Crippen LogP contribution in [0.5, 0.6) is 0 Å². The second-order valence-corrected chi connectivity index (χ2v) is 10.4. The molecule has 0 N–H and O–H groups in total. The Morgan fingerprint density at radius 2 is 1.96 bits per heavy atom. The summed E-state index contributed by atoms with van der Waals surface area (Å²) in [5, 5.41) is 0. The van der Waals surface area contributed by atoms with Gasteiger partial charge in [0.05, 0.1) is 0 Å². The zero-order valence-corrected chi connectivity index (χ0v) is 16.5. The fourth-order valence-corrected chi connectivity index (χ4v) is 8.43. The van der Waals surface area contributed by atoms with E-state index in [9.17, 15) is 0 Å². The van der Waals surface area contributed by atoms with E-state index in [1.165, 1.54) is 37.7 Å². The van der Waals surface area contributed by atoms with E-state index < -0.39 is 0 Å². The maximum Gasteiger partial charge on any atom is 0.0293 e. The minimum atomic E-state index is 0.505. The fraction of sp³-hybridized carbons (Fsp3) is 0.760. The molecule has 4 saturated carbocycles. The van der Waals surface area contributed by atoms with Crippen LogP contribution >= 0.6 is 0 Å². The van der Waals surface area contributed by atoms with Crippen molar-refractivity contribution in [2.45, 2.75) is 59.8 Å². The van der Waals surface area contributed by atoms with Gasteiger partial charge >= 0.3 is 0 Å². The molecule has 0 aromatic rings. The van der Waals surface area contributed by atoms with Gasteiger partial charge in [0.2, 0.25) is 0 Å². The highest BCUT2D eigenvalue weighted by Crippen LogP contribution is 2.76. The Bertz CT molecular complexity index is 699. The largest absolute Gasteiger partial charge is 0.106 e. The van der Waals surface area contributed by atoms with Crippen molar-refractivity contribution < 1.29 is 0 Å². The highest BCUT2D eigenvalue weighted by Gasteiger charge is 2.72. The first-order valence-electron chi connectivity index (χ1n) is 10.8. The summed E-state index contributed by atoms with van der Waals surface area (Å²) in [6.07, 6.45) is 9.42. The van der Waals surface area contributed by atoms with Crippen LogP contribution in [0.4, 0.5) is 0 Å². The SMILES string of the molecule is C=C1C=C2C(C)CC3C(CCC4(C)C(C#CC)C5C(C)C5C34)C2CC1. The molecule has 0 saturated heterocycles. The van der Waals surface area contributed by atoms with E-state index in [1.807, 2.05) is 0 Å². The molecule has 10 unspecified atom stereocenters. The lowest BCUT2D eigenvalue weighted by Crippen LogP contribution is -2.49.